The number of nitrogens with two attached hydrogens (primary N) is 2. The summed E-state index contributed by atoms with van der Waals surface area (Å²) in [6.45, 7) is 19.3. The topological polar surface area (TPSA) is 98.2 Å². The first-order valence-electron chi connectivity index (χ1n) is 14.1. The maximum Gasteiger partial charge on any atom is 0.312 e. The Hall–Kier alpha value is -1.61. The van der Waals surface area contributed by atoms with E-state index in [9.17, 15) is 0 Å². The van der Waals surface area contributed by atoms with Gasteiger partial charge in [-0.2, -0.15) is 0 Å². The Balaban J connectivity index is 1.70. The van der Waals surface area contributed by atoms with Gasteiger partial charge in [-0.15, -0.1) is 0 Å². The molecule has 0 aliphatic carbocycles. The van der Waals surface area contributed by atoms with Gasteiger partial charge < -0.3 is 33.3 Å². The summed E-state index contributed by atoms with van der Waals surface area (Å²) in [5.41, 5.74) is 13.0. The van der Waals surface area contributed by atoms with Gasteiger partial charge >= 0.3 is 17.1 Å². The largest absolute Gasteiger partial charge is 0.494 e. The lowest BCUT2D eigenvalue weighted by Gasteiger charge is -2.41. The number of rotatable bonds is 18. The minimum Gasteiger partial charge on any atom is -0.494 e. The molecule has 7 nitrogen and oxygen atoms in total. The Labute approximate surface area is 241 Å². The van der Waals surface area contributed by atoms with Crippen molar-refractivity contribution in [2.45, 2.75) is 90.1 Å². The Morgan fingerprint density at radius 1 is 0.487 bits per heavy atom. The summed E-state index contributed by atoms with van der Waals surface area (Å²) in [7, 11) is -8.42. The summed E-state index contributed by atoms with van der Waals surface area (Å²) >= 11 is 0. The first-order valence-corrected chi connectivity index (χ1v) is 26.0. The van der Waals surface area contributed by atoms with Crippen LogP contribution >= 0.6 is 0 Å². The molecule has 0 unspecified atom stereocenters. The van der Waals surface area contributed by atoms with Crippen molar-refractivity contribution in [2.75, 3.05) is 24.7 Å². The molecule has 0 heterocycles. The van der Waals surface area contributed by atoms with Gasteiger partial charge in [0.15, 0.2) is 16.6 Å². The van der Waals surface area contributed by atoms with E-state index >= 15 is 0 Å². The highest BCUT2D eigenvalue weighted by Crippen LogP contribution is 2.28. The van der Waals surface area contributed by atoms with Crippen molar-refractivity contribution in [2.24, 2.45) is 0 Å². The van der Waals surface area contributed by atoms with Crippen LogP contribution in [0.1, 0.15) is 25.7 Å². The lowest BCUT2D eigenvalue weighted by Crippen LogP contribution is -2.56. The highest BCUT2D eigenvalue weighted by molar-refractivity contribution is 6.89. The molecule has 2 aromatic carbocycles. The number of hydrogen-bond donors (Lipinski definition) is 2. The molecule has 0 amide bonds. The lowest BCUT2D eigenvalue weighted by atomic mass is 10.3. The first-order chi connectivity index (χ1) is 18.1. The molecular formula is C28H52N2O5Si4. The maximum absolute atomic E-state index is 6.76. The van der Waals surface area contributed by atoms with Crippen molar-refractivity contribution in [3.63, 3.8) is 0 Å². The average Bonchev–Trinajstić information content (AvgIpc) is 2.78. The summed E-state index contributed by atoms with van der Waals surface area (Å²) in [4.78, 5) is 0. The van der Waals surface area contributed by atoms with Crippen LogP contribution in [-0.2, 0) is 12.3 Å². The maximum atomic E-state index is 6.76. The van der Waals surface area contributed by atoms with Gasteiger partial charge in [0.05, 0.1) is 13.2 Å². The minimum atomic E-state index is -2.34. The van der Waals surface area contributed by atoms with Crippen molar-refractivity contribution >= 4 is 45.1 Å². The molecule has 0 atom stereocenters. The van der Waals surface area contributed by atoms with Crippen LogP contribution in [0.5, 0.6) is 11.5 Å². The average molecular weight is 609 g/mol. The fourth-order valence-electron chi connectivity index (χ4n) is 4.88. The molecule has 2 rings (SSSR count). The smallest absolute Gasteiger partial charge is 0.312 e. The third-order valence-corrected chi connectivity index (χ3v) is 21.6. The molecule has 0 saturated carbocycles. The zero-order valence-electron chi connectivity index (χ0n) is 25.5. The number of benzene rings is 2. The van der Waals surface area contributed by atoms with Gasteiger partial charge in [-0.1, -0.05) is 12.8 Å². The zero-order chi connectivity index (χ0) is 29.2. The second kappa shape index (κ2) is 14.9. The van der Waals surface area contributed by atoms with Gasteiger partial charge in [0.1, 0.15) is 11.5 Å². The standard InChI is InChI=1S/C28H52N2O5Si4/c1-36(2,23-11-9-21-31-27-17-13-25(29)14-18-27)33-38(5,6)35-39(7,8)34-37(3,4)24-12-10-22-32-28-19-15-26(30)16-20-28/h13-20H,9-12,21-24,29-30H2,1-8H3. The molecule has 11 heteroatoms. The summed E-state index contributed by atoms with van der Waals surface area (Å²) in [5.74, 6) is 1.73. The number of unbranched alkanes of at least 4 members (excludes halogenated alkanes) is 2. The van der Waals surface area contributed by atoms with Crippen molar-refractivity contribution in [3.8, 4) is 11.5 Å². The monoisotopic (exact) mass is 608 g/mol. The molecule has 0 aromatic heterocycles. The SMILES string of the molecule is C[Si](C)(CCCCOc1ccc(N)cc1)O[Si](C)(C)O[Si](C)(C)O[Si](C)(C)CCCCOc1ccc(N)cc1. The predicted octanol–water partition coefficient (Wildman–Crippen LogP) is 7.73. The summed E-state index contributed by atoms with van der Waals surface area (Å²) in [6.07, 6.45) is 4.16. The third-order valence-electron chi connectivity index (χ3n) is 6.18. The Kier molecular flexibility index (Phi) is 12.8. The van der Waals surface area contributed by atoms with Gasteiger partial charge in [-0.05, 0) is 126 Å². The van der Waals surface area contributed by atoms with Crippen LogP contribution in [0, 0.1) is 0 Å². The summed E-state index contributed by atoms with van der Waals surface area (Å²) < 4.78 is 31.9. The van der Waals surface area contributed by atoms with E-state index in [1.807, 2.05) is 48.5 Å². The van der Waals surface area contributed by atoms with Crippen LogP contribution in [0.2, 0.25) is 64.5 Å². The van der Waals surface area contributed by atoms with E-state index in [2.05, 4.69) is 52.4 Å². The van der Waals surface area contributed by atoms with Crippen molar-refractivity contribution in [1.29, 1.82) is 0 Å². The number of nitrogen functional groups attached to an aromatic ring is 2. The molecular weight excluding hydrogens is 557 g/mol. The molecule has 0 aliphatic rings. The highest BCUT2D eigenvalue weighted by Gasteiger charge is 2.43. The number of anilines is 2. The van der Waals surface area contributed by atoms with Crippen LogP contribution in [0.3, 0.4) is 0 Å². The molecule has 0 aliphatic heterocycles. The fraction of sp³-hybridized carbons (Fsp3) is 0.571. The molecule has 0 spiro atoms. The third kappa shape index (κ3) is 14.5. The van der Waals surface area contributed by atoms with Gasteiger partial charge in [0.2, 0.25) is 0 Å². The van der Waals surface area contributed by atoms with Gasteiger partial charge in [-0.3, -0.25) is 0 Å². The molecule has 4 N–H and O–H groups in total. The van der Waals surface area contributed by atoms with E-state index in [4.69, 9.17) is 33.3 Å². The van der Waals surface area contributed by atoms with E-state index in [1.54, 1.807) is 0 Å². The first kappa shape index (κ1) is 33.6. The molecule has 0 saturated heterocycles. The molecule has 0 fully saturated rings. The second-order valence-electron chi connectivity index (χ2n) is 12.4. The highest BCUT2D eigenvalue weighted by atomic mass is 28.5. The Bertz CT molecular complexity index is 907. The summed E-state index contributed by atoms with van der Waals surface area (Å²) in [5, 5.41) is 0. The quantitative estimate of drug-likeness (QED) is 0.101. The van der Waals surface area contributed by atoms with Crippen LogP contribution < -0.4 is 20.9 Å². The minimum absolute atomic E-state index is 0.701. The van der Waals surface area contributed by atoms with E-state index in [0.717, 1.165) is 60.6 Å². The normalized spacial score (nSPS) is 12.9. The Morgan fingerprint density at radius 2 is 0.821 bits per heavy atom. The summed E-state index contributed by atoms with van der Waals surface area (Å²) in [6, 6.07) is 17.3. The predicted molar refractivity (Wildman–Crippen MR) is 174 cm³/mol. The van der Waals surface area contributed by atoms with Crippen LogP contribution in [-0.4, -0.2) is 47.0 Å². The molecule has 0 bridgehead atoms. The fourth-order valence-corrected chi connectivity index (χ4v) is 24.4. The van der Waals surface area contributed by atoms with Gasteiger partial charge in [-0.25, -0.2) is 0 Å². The molecule has 39 heavy (non-hydrogen) atoms. The van der Waals surface area contributed by atoms with Crippen LogP contribution in [0.15, 0.2) is 48.5 Å². The second-order valence-corrected chi connectivity index (χ2v) is 28.5. The molecule has 0 radical (unpaired) electrons. The van der Waals surface area contributed by atoms with Gasteiger partial charge in [0.25, 0.3) is 0 Å². The number of hydrogen-bond acceptors (Lipinski definition) is 7. The van der Waals surface area contributed by atoms with Crippen LogP contribution in [0.4, 0.5) is 11.4 Å². The van der Waals surface area contributed by atoms with E-state index in [-0.39, 0.29) is 0 Å². The van der Waals surface area contributed by atoms with Gasteiger partial charge in [0, 0.05) is 11.4 Å². The van der Waals surface area contributed by atoms with Crippen molar-refractivity contribution < 1.29 is 21.8 Å². The molecule has 220 valence electrons. The van der Waals surface area contributed by atoms with E-state index in [1.165, 1.54) is 0 Å². The van der Waals surface area contributed by atoms with E-state index < -0.39 is 33.8 Å². The zero-order valence-corrected chi connectivity index (χ0v) is 29.5. The lowest BCUT2D eigenvalue weighted by molar-refractivity contribution is 0.305. The molecule has 2 aromatic rings. The van der Waals surface area contributed by atoms with Crippen LogP contribution in [0.25, 0.3) is 0 Å². The number of ether oxygens (including phenoxy) is 2. The Morgan fingerprint density at radius 3 is 1.15 bits per heavy atom. The van der Waals surface area contributed by atoms with E-state index in [0.29, 0.717) is 13.2 Å². The van der Waals surface area contributed by atoms with Crippen molar-refractivity contribution in [3.05, 3.63) is 48.5 Å². The van der Waals surface area contributed by atoms with Crippen molar-refractivity contribution in [1.82, 2.24) is 0 Å².